The molecule has 0 aliphatic heterocycles. The average molecular weight is 288 g/mol. The zero-order chi connectivity index (χ0) is 15.2. The highest BCUT2D eigenvalue weighted by Crippen LogP contribution is 2.51. The van der Waals surface area contributed by atoms with Crippen LogP contribution in [0.4, 0.5) is 8.78 Å². The minimum absolute atomic E-state index is 0.109. The smallest absolute Gasteiger partial charge is 0.259 e. The summed E-state index contributed by atoms with van der Waals surface area (Å²) >= 11 is 0. The van der Waals surface area contributed by atoms with E-state index in [-0.39, 0.29) is 11.0 Å². The van der Waals surface area contributed by atoms with Crippen LogP contribution in [0.25, 0.3) is 5.57 Å². The zero-order valence-corrected chi connectivity index (χ0v) is 12.3. The lowest BCUT2D eigenvalue weighted by Gasteiger charge is -2.35. The third kappa shape index (κ3) is 2.07. The number of allylic oxidation sites excluding steroid dienone is 2. The molecule has 2 aliphatic carbocycles. The molecule has 1 aromatic heterocycles. The number of halogens is 2. The molecule has 110 valence electrons. The Hall–Kier alpha value is -1.76. The largest absolute Gasteiger partial charge is 0.265 e. The first-order valence-electron chi connectivity index (χ1n) is 7.37. The zero-order valence-electron chi connectivity index (χ0n) is 12.3. The number of pyridine rings is 1. The molecule has 0 aromatic carbocycles. The standard InChI is InChI=1S/C17H18F2N2/c1-10-14(8-20)13-6-12(16(18)19)9-21-15(13)17(10,2)7-11-4-3-5-11/h6,9,11,16H,3-5,7H2,1-2H3. The quantitative estimate of drug-likeness (QED) is 0.802. The van der Waals surface area contributed by atoms with Gasteiger partial charge in [-0.05, 0) is 30.9 Å². The van der Waals surface area contributed by atoms with E-state index in [0.29, 0.717) is 17.1 Å². The molecule has 0 radical (unpaired) electrons. The van der Waals surface area contributed by atoms with Crippen LogP contribution < -0.4 is 0 Å². The summed E-state index contributed by atoms with van der Waals surface area (Å²) in [6.45, 7) is 4.04. The third-order valence-corrected chi connectivity index (χ3v) is 5.19. The Morgan fingerprint density at radius 2 is 2.19 bits per heavy atom. The van der Waals surface area contributed by atoms with E-state index in [1.807, 2.05) is 6.92 Å². The molecular formula is C17H18F2N2. The summed E-state index contributed by atoms with van der Waals surface area (Å²) in [5, 5.41) is 9.43. The topological polar surface area (TPSA) is 36.7 Å². The van der Waals surface area contributed by atoms with Crippen molar-refractivity contribution in [3.8, 4) is 6.07 Å². The van der Waals surface area contributed by atoms with E-state index in [4.69, 9.17) is 0 Å². The van der Waals surface area contributed by atoms with Crippen LogP contribution in [-0.2, 0) is 5.41 Å². The van der Waals surface area contributed by atoms with E-state index in [9.17, 15) is 14.0 Å². The Morgan fingerprint density at radius 3 is 2.71 bits per heavy atom. The first-order valence-corrected chi connectivity index (χ1v) is 7.37. The summed E-state index contributed by atoms with van der Waals surface area (Å²) < 4.78 is 25.8. The van der Waals surface area contributed by atoms with Gasteiger partial charge in [-0.1, -0.05) is 26.2 Å². The van der Waals surface area contributed by atoms with Gasteiger partial charge < -0.3 is 0 Å². The van der Waals surface area contributed by atoms with Crippen LogP contribution in [-0.4, -0.2) is 4.98 Å². The summed E-state index contributed by atoms with van der Waals surface area (Å²) in [6.07, 6.45) is 3.36. The molecule has 21 heavy (non-hydrogen) atoms. The van der Waals surface area contributed by atoms with Crippen LogP contribution in [0.3, 0.4) is 0 Å². The maximum atomic E-state index is 12.9. The van der Waals surface area contributed by atoms with E-state index in [2.05, 4.69) is 18.0 Å². The molecule has 0 amide bonds. The van der Waals surface area contributed by atoms with E-state index in [1.54, 1.807) is 0 Å². The third-order valence-electron chi connectivity index (χ3n) is 5.19. The number of rotatable bonds is 3. The second-order valence-corrected chi connectivity index (χ2v) is 6.41. The van der Waals surface area contributed by atoms with Crippen LogP contribution >= 0.6 is 0 Å². The van der Waals surface area contributed by atoms with Gasteiger partial charge in [-0.3, -0.25) is 4.98 Å². The van der Waals surface area contributed by atoms with Gasteiger partial charge in [0.05, 0.1) is 17.3 Å². The van der Waals surface area contributed by atoms with E-state index >= 15 is 0 Å². The highest BCUT2D eigenvalue weighted by molar-refractivity contribution is 5.87. The maximum Gasteiger partial charge on any atom is 0.265 e. The van der Waals surface area contributed by atoms with Crippen molar-refractivity contribution in [2.24, 2.45) is 5.92 Å². The van der Waals surface area contributed by atoms with Crippen molar-refractivity contribution < 1.29 is 8.78 Å². The summed E-state index contributed by atoms with van der Waals surface area (Å²) in [4.78, 5) is 4.32. The Labute approximate surface area is 123 Å². The van der Waals surface area contributed by atoms with Gasteiger partial charge in [0.15, 0.2) is 0 Å². The molecule has 1 saturated carbocycles. The lowest BCUT2D eigenvalue weighted by Crippen LogP contribution is -2.29. The van der Waals surface area contributed by atoms with Gasteiger partial charge in [0, 0.05) is 22.7 Å². The molecule has 2 aliphatic rings. The van der Waals surface area contributed by atoms with Crippen molar-refractivity contribution in [2.75, 3.05) is 0 Å². The predicted octanol–water partition coefficient (Wildman–Crippen LogP) is 4.78. The molecule has 4 heteroatoms. The Bertz CT molecular complexity index is 653. The number of nitriles is 1. The van der Waals surface area contributed by atoms with Crippen molar-refractivity contribution in [3.05, 3.63) is 34.7 Å². The maximum absolute atomic E-state index is 12.9. The number of fused-ring (bicyclic) bond motifs is 1. The fourth-order valence-corrected chi connectivity index (χ4v) is 3.55. The molecule has 2 nitrogen and oxygen atoms in total. The molecule has 1 atom stereocenters. The molecule has 1 unspecified atom stereocenters. The molecule has 0 N–H and O–H groups in total. The Morgan fingerprint density at radius 1 is 1.48 bits per heavy atom. The highest BCUT2D eigenvalue weighted by atomic mass is 19.3. The number of nitrogens with zero attached hydrogens (tertiary/aromatic N) is 2. The van der Waals surface area contributed by atoms with Gasteiger partial charge in [0.1, 0.15) is 0 Å². The van der Waals surface area contributed by atoms with Crippen molar-refractivity contribution in [3.63, 3.8) is 0 Å². The number of alkyl halides is 2. The number of hydrogen-bond acceptors (Lipinski definition) is 2. The summed E-state index contributed by atoms with van der Waals surface area (Å²) in [5.41, 5.74) is 2.52. The molecule has 0 saturated heterocycles. The van der Waals surface area contributed by atoms with Gasteiger partial charge in [0.2, 0.25) is 0 Å². The average Bonchev–Trinajstić information content (AvgIpc) is 2.63. The minimum Gasteiger partial charge on any atom is -0.259 e. The fourth-order valence-electron chi connectivity index (χ4n) is 3.55. The fraction of sp³-hybridized carbons (Fsp3) is 0.529. The summed E-state index contributed by atoms with van der Waals surface area (Å²) in [6, 6.07) is 3.64. The van der Waals surface area contributed by atoms with Crippen molar-refractivity contribution in [2.45, 2.75) is 51.4 Å². The normalized spacial score (nSPS) is 25.0. The Balaban J connectivity index is 2.09. The molecule has 1 heterocycles. The van der Waals surface area contributed by atoms with Crippen LogP contribution in [0.1, 0.15) is 62.8 Å². The first-order chi connectivity index (χ1) is 9.97. The van der Waals surface area contributed by atoms with Crippen LogP contribution in [0, 0.1) is 17.2 Å². The van der Waals surface area contributed by atoms with Crippen molar-refractivity contribution in [1.82, 2.24) is 4.98 Å². The lowest BCUT2D eigenvalue weighted by molar-refractivity contribution is 0.151. The monoisotopic (exact) mass is 288 g/mol. The second kappa shape index (κ2) is 4.91. The van der Waals surface area contributed by atoms with Gasteiger partial charge in [-0.25, -0.2) is 8.78 Å². The Kier molecular flexibility index (Phi) is 3.32. The molecular weight excluding hydrogens is 270 g/mol. The van der Waals surface area contributed by atoms with Crippen LogP contribution in [0.5, 0.6) is 0 Å². The van der Waals surface area contributed by atoms with Crippen LogP contribution in [0.15, 0.2) is 17.8 Å². The minimum atomic E-state index is -2.55. The predicted molar refractivity (Wildman–Crippen MR) is 76.7 cm³/mol. The van der Waals surface area contributed by atoms with E-state index in [0.717, 1.165) is 17.7 Å². The summed E-state index contributed by atoms with van der Waals surface area (Å²) in [7, 11) is 0. The molecule has 0 spiro atoms. The number of aromatic nitrogens is 1. The SMILES string of the molecule is CC1=C(C#N)c2cc(C(F)F)cnc2C1(C)CC1CCC1. The van der Waals surface area contributed by atoms with E-state index < -0.39 is 6.43 Å². The number of hydrogen-bond donors (Lipinski definition) is 0. The second-order valence-electron chi connectivity index (χ2n) is 6.41. The van der Waals surface area contributed by atoms with Gasteiger partial charge >= 0.3 is 0 Å². The first kappa shape index (κ1) is 14.2. The molecule has 0 bridgehead atoms. The molecule has 1 fully saturated rings. The van der Waals surface area contributed by atoms with Gasteiger partial charge in [0.25, 0.3) is 6.43 Å². The van der Waals surface area contributed by atoms with Crippen LogP contribution in [0.2, 0.25) is 0 Å². The molecule has 1 aromatic rings. The van der Waals surface area contributed by atoms with Crippen molar-refractivity contribution in [1.29, 1.82) is 5.26 Å². The van der Waals surface area contributed by atoms with Crippen molar-refractivity contribution >= 4 is 5.57 Å². The highest BCUT2D eigenvalue weighted by Gasteiger charge is 2.43. The van der Waals surface area contributed by atoms with E-state index in [1.165, 1.54) is 31.5 Å². The molecule has 3 rings (SSSR count). The lowest BCUT2D eigenvalue weighted by atomic mass is 9.69. The van der Waals surface area contributed by atoms with Gasteiger partial charge in [-0.2, -0.15) is 5.26 Å². The summed E-state index contributed by atoms with van der Waals surface area (Å²) in [5.74, 6) is 0.660. The van der Waals surface area contributed by atoms with Gasteiger partial charge in [-0.15, -0.1) is 0 Å².